The molecule has 134 valence electrons. The molecule has 0 bridgehead atoms. The van der Waals surface area contributed by atoms with Gasteiger partial charge in [0, 0.05) is 22.8 Å². The molecule has 2 aromatic carbocycles. The minimum atomic E-state index is -3.56. The third-order valence-corrected chi connectivity index (χ3v) is 6.22. The lowest BCUT2D eigenvalue weighted by Crippen LogP contribution is -2.26. The quantitative estimate of drug-likeness (QED) is 0.574. The normalized spacial score (nSPS) is 11.3. The van der Waals surface area contributed by atoms with Crippen molar-refractivity contribution in [3.8, 4) is 0 Å². The maximum atomic E-state index is 12.2. The molecule has 0 fully saturated rings. The van der Waals surface area contributed by atoms with Crippen LogP contribution in [0.15, 0.2) is 52.3 Å². The van der Waals surface area contributed by atoms with Crippen LogP contribution in [-0.2, 0) is 10.0 Å². The second kappa shape index (κ2) is 8.51. The van der Waals surface area contributed by atoms with E-state index >= 15 is 0 Å². The van der Waals surface area contributed by atoms with E-state index in [1.165, 1.54) is 35.2 Å². The summed E-state index contributed by atoms with van der Waals surface area (Å²) in [5.41, 5.74) is 2.83. The molecule has 0 saturated carbocycles. The van der Waals surface area contributed by atoms with Gasteiger partial charge in [0.15, 0.2) is 0 Å². The predicted octanol–water partition coefficient (Wildman–Crippen LogP) is 2.73. The standard InChI is InChI=1S/C18H22N2O3S2/c1-13-7-8-16(11-14(13)2)24-10-9-20-18(21)15-5-4-6-17(12-15)25(22,23)19-3/h4-8,11-12,19H,9-10H2,1-3H3,(H,20,21). The Hall–Kier alpha value is -1.83. The summed E-state index contributed by atoms with van der Waals surface area (Å²) in [6, 6.07) is 12.3. The summed E-state index contributed by atoms with van der Waals surface area (Å²) >= 11 is 1.67. The van der Waals surface area contributed by atoms with E-state index in [0.717, 1.165) is 5.75 Å². The minimum Gasteiger partial charge on any atom is -0.351 e. The number of rotatable bonds is 7. The van der Waals surface area contributed by atoms with E-state index in [2.05, 4.69) is 42.1 Å². The minimum absolute atomic E-state index is 0.0761. The number of benzene rings is 2. The van der Waals surface area contributed by atoms with Crippen LogP contribution in [0, 0.1) is 13.8 Å². The van der Waals surface area contributed by atoms with Crippen molar-refractivity contribution < 1.29 is 13.2 Å². The molecular formula is C18H22N2O3S2. The lowest BCUT2D eigenvalue weighted by atomic mass is 10.1. The van der Waals surface area contributed by atoms with Crippen LogP contribution in [0.1, 0.15) is 21.5 Å². The Balaban J connectivity index is 1.90. The van der Waals surface area contributed by atoms with Gasteiger partial charge >= 0.3 is 0 Å². The maximum Gasteiger partial charge on any atom is 0.251 e. The number of carbonyl (C=O) groups excluding carboxylic acids is 1. The zero-order valence-corrected chi connectivity index (χ0v) is 16.1. The molecule has 2 aromatic rings. The Morgan fingerprint density at radius 3 is 2.52 bits per heavy atom. The molecule has 0 radical (unpaired) electrons. The number of hydrogen-bond acceptors (Lipinski definition) is 4. The van der Waals surface area contributed by atoms with Crippen molar-refractivity contribution in [2.24, 2.45) is 0 Å². The number of nitrogens with one attached hydrogen (secondary N) is 2. The second-order valence-electron chi connectivity index (χ2n) is 5.59. The van der Waals surface area contributed by atoms with Gasteiger partial charge in [0.2, 0.25) is 10.0 Å². The first kappa shape index (κ1) is 19.5. The molecule has 0 spiro atoms. The molecule has 1 amide bonds. The molecule has 25 heavy (non-hydrogen) atoms. The number of sulfonamides is 1. The Kier molecular flexibility index (Phi) is 6.64. The highest BCUT2D eigenvalue weighted by molar-refractivity contribution is 7.99. The van der Waals surface area contributed by atoms with Gasteiger partial charge in [-0.15, -0.1) is 11.8 Å². The third-order valence-electron chi connectivity index (χ3n) is 3.81. The van der Waals surface area contributed by atoms with Crippen LogP contribution in [0.2, 0.25) is 0 Å². The van der Waals surface area contributed by atoms with Crippen molar-refractivity contribution in [3.05, 3.63) is 59.2 Å². The summed E-state index contributed by atoms with van der Waals surface area (Å²) in [5.74, 6) is 0.455. The Morgan fingerprint density at radius 2 is 1.84 bits per heavy atom. The largest absolute Gasteiger partial charge is 0.351 e. The van der Waals surface area contributed by atoms with E-state index in [1.807, 2.05) is 0 Å². The molecule has 5 nitrogen and oxygen atoms in total. The monoisotopic (exact) mass is 378 g/mol. The summed E-state index contributed by atoms with van der Waals surface area (Å²) in [4.78, 5) is 13.4. The number of amides is 1. The van der Waals surface area contributed by atoms with Gasteiger partial charge in [-0.3, -0.25) is 4.79 Å². The summed E-state index contributed by atoms with van der Waals surface area (Å²) in [5, 5.41) is 2.82. The van der Waals surface area contributed by atoms with E-state index < -0.39 is 10.0 Å². The number of hydrogen-bond donors (Lipinski definition) is 2. The topological polar surface area (TPSA) is 75.3 Å². The van der Waals surface area contributed by atoms with Gasteiger partial charge in [-0.25, -0.2) is 13.1 Å². The van der Waals surface area contributed by atoms with Crippen molar-refractivity contribution in [1.82, 2.24) is 10.0 Å². The molecule has 0 unspecified atom stereocenters. The van der Waals surface area contributed by atoms with Crippen LogP contribution in [0.5, 0.6) is 0 Å². The van der Waals surface area contributed by atoms with Crippen molar-refractivity contribution in [2.75, 3.05) is 19.3 Å². The molecule has 7 heteroatoms. The summed E-state index contributed by atoms with van der Waals surface area (Å²) < 4.78 is 25.8. The lowest BCUT2D eigenvalue weighted by molar-refractivity contribution is 0.0956. The zero-order valence-electron chi connectivity index (χ0n) is 14.5. The van der Waals surface area contributed by atoms with Gasteiger partial charge in [-0.2, -0.15) is 0 Å². The van der Waals surface area contributed by atoms with Gasteiger partial charge in [0.1, 0.15) is 0 Å². The Labute approximate surface area is 153 Å². The first-order chi connectivity index (χ1) is 11.8. The molecular weight excluding hydrogens is 356 g/mol. The molecule has 2 rings (SSSR count). The summed E-state index contributed by atoms with van der Waals surface area (Å²) in [6.45, 7) is 4.65. The highest BCUT2D eigenvalue weighted by atomic mass is 32.2. The lowest BCUT2D eigenvalue weighted by Gasteiger charge is -2.08. The average molecular weight is 379 g/mol. The van der Waals surface area contributed by atoms with Crippen molar-refractivity contribution >= 4 is 27.7 Å². The van der Waals surface area contributed by atoms with Crippen molar-refractivity contribution in [1.29, 1.82) is 0 Å². The molecule has 0 heterocycles. The molecule has 0 aliphatic carbocycles. The van der Waals surface area contributed by atoms with E-state index in [0.29, 0.717) is 12.1 Å². The van der Waals surface area contributed by atoms with Crippen LogP contribution in [0.25, 0.3) is 0 Å². The van der Waals surface area contributed by atoms with Crippen molar-refractivity contribution in [2.45, 2.75) is 23.6 Å². The molecule has 0 aromatic heterocycles. The van der Waals surface area contributed by atoms with Gasteiger partial charge in [-0.05, 0) is 62.4 Å². The fourth-order valence-electron chi connectivity index (χ4n) is 2.16. The van der Waals surface area contributed by atoms with Crippen LogP contribution < -0.4 is 10.0 Å². The molecule has 0 aliphatic rings. The molecule has 0 saturated heterocycles. The van der Waals surface area contributed by atoms with Gasteiger partial charge in [0.25, 0.3) is 5.91 Å². The van der Waals surface area contributed by atoms with Gasteiger partial charge < -0.3 is 5.32 Å². The van der Waals surface area contributed by atoms with Gasteiger partial charge in [0.05, 0.1) is 4.90 Å². The molecule has 2 N–H and O–H groups in total. The highest BCUT2D eigenvalue weighted by Crippen LogP contribution is 2.20. The highest BCUT2D eigenvalue weighted by Gasteiger charge is 2.14. The number of carbonyl (C=O) groups is 1. The maximum absolute atomic E-state index is 12.2. The number of aryl methyl sites for hydroxylation is 2. The van der Waals surface area contributed by atoms with E-state index in [-0.39, 0.29) is 10.8 Å². The van der Waals surface area contributed by atoms with E-state index in [1.54, 1.807) is 23.9 Å². The Bertz CT molecular complexity index is 864. The SMILES string of the molecule is CNS(=O)(=O)c1cccc(C(=O)NCCSc2ccc(C)c(C)c2)c1. The average Bonchev–Trinajstić information content (AvgIpc) is 2.61. The fourth-order valence-corrected chi connectivity index (χ4v) is 3.80. The van der Waals surface area contributed by atoms with Crippen LogP contribution in [0.3, 0.4) is 0 Å². The Morgan fingerprint density at radius 1 is 1.08 bits per heavy atom. The van der Waals surface area contributed by atoms with Crippen LogP contribution in [0.4, 0.5) is 0 Å². The summed E-state index contributed by atoms with van der Waals surface area (Å²) in [7, 11) is -2.22. The van der Waals surface area contributed by atoms with Crippen LogP contribution in [-0.4, -0.2) is 33.7 Å². The predicted molar refractivity (Wildman–Crippen MR) is 102 cm³/mol. The first-order valence-corrected chi connectivity index (χ1v) is 10.3. The molecule has 0 atom stereocenters. The van der Waals surface area contributed by atoms with Crippen LogP contribution >= 0.6 is 11.8 Å². The zero-order chi connectivity index (χ0) is 18.4. The third kappa shape index (κ3) is 5.32. The first-order valence-electron chi connectivity index (χ1n) is 7.85. The van der Waals surface area contributed by atoms with E-state index in [9.17, 15) is 13.2 Å². The van der Waals surface area contributed by atoms with Crippen molar-refractivity contribution in [3.63, 3.8) is 0 Å². The summed E-state index contributed by atoms with van der Waals surface area (Å²) in [6.07, 6.45) is 0. The fraction of sp³-hybridized carbons (Fsp3) is 0.278. The molecule has 0 aliphatic heterocycles. The second-order valence-corrected chi connectivity index (χ2v) is 8.64. The number of thioether (sulfide) groups is 1. The smallest absolute Gasteiger partial charge is 0.251 e. The van der Waals surface area contributed by atoms with Gasteiger partial charge in [-0.1, -0.05) is 12.1 Å². The van der Waals surface area contributed by atoms with E-state index in [4.69, 9.17) is 0 Å².